The Bertz CT molecular complexity index is 513. The zero-order chi connectivity index (χ0) is 13.7. The lowest BCUT2D eigenvalue weighted by Crippen LogP contribution is -2.26. The van der Waals surface area contributed by atoms with Crippen molar-refractivity contribution in [2.75, 3.05) is 19.7 Å². The van der Waals surface area contributed by atoms with Crippen LogP contribution in [0.15, 0.2) is 28.7 Å². The van der Waals surface area contributed by atoms with Crippen molar-refractivity contribution in [3.63, 3.8) is 0 Å². The fourth-order valence-electron chi connectivity index (χ4n) is 1.71. The second-order valence-corrected chi connectivity index (χ2v) is 4.54. The number of hydrogen-bond acceptors (Lipinski definition) is 5. The van der Waals surface area contributed by atoms with E-state index in [4.69, 9.17) is 21.1 Å². The van der Waals surface area contributed by atoms with Gasteiger partial charge in [0.25, 0.3) is 0 Å². The Balaban J connectivity index is 2.08. The van der Waals surface area contributed by atoms with Crippen LogP contribution in [0.4, 0.5) is 0 Å². The van der Waals surface area contributed by atoms with Crippen molar-refractivity contribution in [1.29, 1.82) is 0 Å². The smallest absolute Gasteiger partial charge is 0.247 e. The molecule has 0 amide bonds. The first-order chi connectivity index (χ1) is 9.22. The van der Waals surface area contributed by atoms with Crippen LogP contribution in [0.3, 0.4) is 0 Å². The molecule has 1 N–H and O–H groups in total. The summed E-state index contributed by atoms with van der Waals surface area (Å²) in [5.74, 6) is 1.02. The van der Waals surface area contributed by atoms with Crippen LogP contribution in [0, 0.1) is 0 Å². The van der Waals surface area contributed by atoms with Crippen molar-refractivity contribution in [2.45, 2.75) is 13.5 Å². The van der Waals surface area contributed by atoms with Crippen LogP contribution in [0.5, 0.6) is 0 Å². The molecule has 0 bridgehead atoms. The Morgan fingerprint density at radius 2 is 2.00 bits per heavy atom. The predicted octanol–water partition coefficient (Wildman–Crippen LogP) is 2.20. The van der Waals surface area contributed by atoms with Crippen molar-refractivity contribution in [3.8, 4) is 11.5 Å². The van der Waals surface area contributed by atoms with E-state index in [0.29, 0.717) is 29.9 Å². The fourth-order valence-corrected chi connectivity index (χ4v) is 1.83. The van der Waals surface area contributed by atoms with Gasteiger partial charge >= 0.3 is 0 Å². The van der Waals surface area contributed by atoms with E-state index < -0.39 is 0 Å². The van der Waals surface area contributed by atoms with Crippen LogP contribution in [0.1, 0.15) is 12.8 Å². The molecule has 2 rings (SSSR count). The third kappa shape index (κ3) is 3.76. The van der Waals surface area contributed by atoms with Gasteiger partial charge in [0.2, 0.25) is 11.8 Å². The molecule has 0 saturated heterocycles. The van der Waals surface area contributed by atoms with E-state index in [0.717, 1.165) is 12.1 Å². The van der Waals surface area contributed by atoms with E-state index in [1.165, 1.54) is 0 Å². The van der Waals surface area contributed by atoms with Crippen molar-refractivity contribution < 1.29 is 9.52 Å². The molecule has 0 spiro atoms. The van der Waals surface area contributed by atoms with E-state index in [2.05, 4.69) is 10.2 Å². The maximum absolute atomic E-state index is 8.93. The Kier molecular flexibility index (Phi) is 4.90. The SMILES string of the molecule is CCN(CCO)Cc1nnc(-c2ccc(Cl)cc2)o1. The maximum atomic E-state index is 8.93. The van der Waals surface area contributed by atoms with E-state index in [1.807, 2.05) is 24.0 Å². The van der Waals surface area contributed by atoms with Crippen LogP contribution in [0.25, 0.3) is 11.5 Å². The van der Waals surface area contributed by atoms with Gasteiger partial charge in [0.1, 0.15) is 0 Å². The molecular weight excluding hydrogens is 266 g/mol. The second kappa shape index (κ2) is 6.65. The monoisotopic (exact) mass is 281 g/mol. The predicted molar refractivity (Wildman–Crippen MR) is 72.8 cm³/mol. The molecule has 19 heavy (non-hydrogen) atoms. The average molecular weight is 282 g/mol. The molecule has 6 heteroatoms. The Hall–Kier alpha value is -1.43. The van der Waals surface area contributed by atoms with Crippen molar-refractivity contribution in [2.24, 2.45) is 0 Å². The topological polar surface area (TPSA) is 62.4 Å². The molecule has 0 aliphatic heterocycles. The van der Waals surface area contributed by atoms with Gasteiger partial charge in [0.15, 0.2) is 0 Å². The molecule has 5 nitrogen and oxygen atoms in total. The summed E-state index contributed by atoms with van der Waals surface area (Å²) in [7, 11) is 0. The lowest BCUT2D eigenvalue weighted by atomic mass is 10.2. The molecule has 1 aromatic carbocycles. The summed E-state index contributed by atoms with van der Waals surface area (Å²) in [5.41, 5.74) is 0.841. The van der Waals surface area contributed by atoms with Gasteiger partial charge in [-0.05, 0) is 30.8 Å². The van der Waals surface area contributed by atoms with Gasteiger partial charge < -0.3 is 9.52 Å². The van der Waals surface area contributed by atoms with Gasteiger partial charge in [-0.1, -0.05) is 18.5 Å². The van der Waals surface area contributed by atoms with Crippen LogP contribution < -0.4 is 0 Å². The highest BCUT2D eigenvalue weighted by Gasteiger charge is 2.11. The minimum absolute atomic E-state index is 0.117. The summed E-state index contributed by atoms with van der Waals surface area (Å²) in [5, 5.41) is 17.6. The quantitative estimate of drug-likeness (QED) is 0.879. The third-order valence-electron chi connectivity index (χ3n) is 2.78. The molecule has 0 unspecified atom stereocenters. The van der Waals surface area contributed by atoms with Gasteiger partial charge in [-0.25, -0.2) is 0 Å². The fraction of sp³-hybridized carbons (Fsp3) is 0.385. The minimum Gasteiger partial charge on any atom is -0.419 e. The lowest BCUT2D eigenvalue weighted by Gasteiger charge is -2.15. The molecule has 0 aliphatic rings. The van der Waals surface area contributed by atoms with E-state index >= 15 is 0 Å². The van der Waals surface area contributed by atoms with E-state index in [1.54, 1.807) is 12.1 Å². The molecule has 0 fully saturated rings. The van der Waals surface area contributed by atoms with Crippen molar-refractivity contribution in [3.05, 3.63) is 35.2 Å². The number of halogens is 1. The molecule has 0 saturated carbocycles. The first kappa shape index (κ1) is 14.0. The molecule has 0 radical (unpaired) electrons. The lowest BCUT2D eigenvalue weighted by molar-refractivity contribution is 0.185. The standard InChI is InChI=1S/C13H16ClN3O2/c1-2-17(7-8-18)9-12-15-16-13(19-12)10-3-5-11(14)6-4-10/h3-6,18H,2,7-9H2,1H3. The molecular formula is C13H16ClN3O2. The summed E-state index contributed by atoms with van der Waals surface area (Å²) < 4.78 is 5.60. The van der Waals surface area contributed by atoms with Crippen LogP contribution in [-0.4, -0.2) is 39.9 Å². The van der Waals surface area contributed by atoms with Crippen LogP contribution in [0.2, 0.25) is 5.02 Å². The van der Waals surface area contributed by atoms with Crippen LogP contribution >= 0.6 is 11.6 Å². The van der Waals surface area contributed by atoms with Crippen molar-refractivity contribution in [1.82, 2.24) is 15.1 Å². The summed E-state index contributed by atoms with van der Waals surface area (Å²) in [4.78, 5) is 2.03. The molecule has 0 atom stereocenters. The maximum Gasteiger partial charge on any atom is 0.247 e. The first-order valence-electron chi connectivity index (χ1n) is 6.14. The molecule has 1 aromatic heterocycles. The zero-order valence-electron chi connectivity index (χ0n) is 10.7. The minimum atomic E-state index is 0.117. The largest absolute Gasteiger partial charge is 0.419 e. The van der Waals surface area contributed by atoms with Crippen molar-refractivity contribution >= 4 is 11.6 Å². The number of benzene rings is 1. The average Bonchev–Trinajstić information content (AvgIpc) is 2.87. The summed E-state index contributed by atoms with van der Waals surface area (Å²) in [6, 6.07) is 7.24. The van der Waals surface area contributed by atoms with Gasteiger partial charge in [-0.15, -0.1) is 10.2 Å². The van der Waals surface area contributed by atoms with Gasteiger partial charge in [-0.2, -0.15) is 0 Å². The Morgan fingerprint density at radius 1 is 1.26 bits per heavy atom. The van der Waals surface area contributed by atoms with Crippen LogP contribution in [-0.2, 0) is 6.54 Å². The molecule has 0 aliphatic carbocycles. The number of aliphatic hydroxyl groups excluding tert-OH is 1. The number of nitrogens with zero attached hydrogens (tertiary/aromatic N) is 3. The molecule has 102 valence electrons. The molecule has 1 heterocycles. The zero-order valence-corrected chi connectivity index (χ0v) is 11.5. The molecule has 2 aromatic rings. The van der Waals surface area contributed by atoms with E-state index in [-0.39, 0.29) is 6.61 Å². The van der Waals surface area contributed by atoms with Gasteiger partial charge in [0.05, 0.1) is 13.2 Å². The number of hydrogen-bond donors (Lipinski definition) is 1. The number of rotatable bonds is 6. The Labute approximate surface area is 116 Å². The highest BCUT2D eigenvalue weighted by Crippen LogP contribution is 2.20. The Morgan fingerprint density at radius 3 is 2.63 bits per heavy atom. The van der Waals surface area contributed by atoms with E-state index in [9.17, 15) is 0 Å². The summed E-state index contributed by atoms with van der Waals surface area (Å²) >= 11 is 5.83. The summed E-state index contributed by atoms with van der Waals surface area (Å²) in [6.45, 7) is 4.09. The first-order valence-corrected chi connectivity index (χ1v) is 6.52. The highest BCUT2D eigenvalue weighted by atomic mass is 35.5. The highest BCUT2D eigenvalue weighted by molar-refractivity contribution is 6.30. The summed E-state index contributed by atoms with van der Waals surface area (Å²) in [6.07, 6.45) is 0. The number of likely N-dealkylation sites (N-methyl/N-ethyl adjacent to an activating group) is 1. The second-order valence-electron chi connectivity index (χ2n) is 4.10. The normalized spacial score (nSPS) is 11.2. The van der Waals surface area contributed by atoms with Gasteiger partial charge in [0, 0.05) is 17.1 Å². The van der Waals surface area contributed by atoms with Gasteiger partial charge in [-0.3, -0.25) is 4.90 Å². The third-order valence-corrected chi connectivity index (χ3v) is 3.03. The number of aromatic nitrogens is 2. The number of aliphatic hydroxyl groups is 1.